The van der Waals surface area contributed by atoms with Crippen LogP contribution in [-0.4, -0.2) is 19.1 Å². The monoisotopic (exact) mass is 278 g/mol. The lowest BCUT2D eigenvalue weighted by Gasteiger charge is -2.02. The van der Waals surface area contributed by atoms with Gasteiger partial charge in [-0.3, -0.25) is 9.36 Å². The Bertz CT molecular complexity index is 757. The van der Waals surface area contributed by atoms with Gasteiger partial charge in [0.25, 0.3) is 5.56 Å². The largest absolute Gasteiger partial charge is 0.293 e. The van der Waals surface area contributed by atoms with Crippen LogP contribution in [0.1, 0.15) is 15.3 Å². The maximum absolute atomic E-state index is 12.4. The molecular formula is C11H10N4OS2. The van der Waals surface area contributed by atoms with Gasteiger partial charge in [-0.05, 0) is 30.9 Å². The van der Waals surface area contributed by atoms with Crippen molar-refractivity contribution in [3.63, 3.8) is 0 Å². The molecule has 0 atom stereocenters. The summed E-state index contributed by atoms with van der Waals surface area (Å²) in [6.07, 6.45) is 3.27. The molecule has 3 aromatic rings. The highest BCUT2D eigenvalue weighted by molar-refractivity contribution is 7.18. The molecule has 0 saturated carbocycles. The normalized spacial score (nSPS) is 11.2. The zero-order valence-corrected chi connectivity index (χ0v) is 11.5. The number of aryl methyl sites for hydroxylation is 2. The van der Waals surface area contributed by atoms with Gasteiger partial charge in [0.05, 0.1) is 29.3 Å². The van der Waals surface area contributed by atoms with Gasteiger partial charge in [0, 0.05) is 4.88 Å². The topological polar surface area (TPSA) is 60.7 Å². The maximum atomic E-state index is 12.4. The van der Waals surface area contributed by atoms with E-state index in [1.165, 1.54) is 11.5 Å². The van der Waals surface area contributed by atoms with Crippen LogP contribution in [0.25, 0.3) is 10.2 Å². The Morgan fingerprint density at radius 2 is 2.22 bits per heavy atom. The van der Waals surface area contributed by atoms with Gasteiger partial charge in [0.1, 0.15) is 4.83 Å². The maximum Gasteiger partial charge on any atom is 0.262 e. The van der Waals surface area contributed by atoms with E-state index in [0.717, 1.165) is 25.5 Å². The minimum absolute atomic E-state index is 0.00949. The van der Waals surface area contributed by atoms with Crippen LogP contribution in [-0.2, 0) is 6.54 Å². The molecule has 18 heavy (non-hydrogen) atoms. The van der Waals surface area contributed by atoms with E-state index in [2.05, 4.69) is 14.6 Å². The SMILES string of the molecule is Cc1sc2ncn(Cc3cnns3)c(=O)c2c1C. The van der Waals surface area contributed by atoms with Crippen LogP contribution >= 0.6 is 22.9 Å². The molecule has 3 aromatic heterocycles. The molecular weight excluding hydrogens is 268 g/mol. The highest BCUT2D eigenvalue weighted by Gasteiger charge is 2.12. The second-order valence-corrected chi connectivity index (χ2v) is 6.10. The van der Waals surface area contributed by atoms with Crippen molar-refractivity contribution in [2.45, 2.75) is 20.4 Å². The van der Waals surface area contributed by atoms with Gasteiger partial charge in [-0.1, -0.05) is 4.49 Å². The van der Waals surface area contributed by atoms with Gasteiger partial charge in [-0.2, -0.15) is 0 Å². The van der Waals surface area contributed by atoms with Crippen LogP contribution in [0.2, 0.25) is 0 Å². The highest BCUT2D eigenvalue weighted by atomic mass is 32.1. The lowest BCUT2D eigenvalue weighted by molar-refractivity contribution is 0.757. The number of thiophene rings is 1. The molecule has 0 N–H and O–H groups in total. The number of rotatable bonds is 2. The number of hydrogen-bond acceptors (Lipinski definition) is 6. The fraction of sp³-hybridized carbons (Fsp3) is 0.273. The molecule has 0 aromatic carbocycles. The summed E-state index contributed by atoms with van der Waals surface area (Å²) < 4.78 is 5.40. The van der Waals surface area contributed by atoms with Gasteiger partial charge < -0.3 is 0 Å². The second kappa shape index (κ2) is 4.25. The van der Waals surface area contributed by atoms with Gasteiger partial charge in [-0.15, -0.1) is 16.4 Å². The zero-order chi connectivity index (χ0) is 12.7. The second-order valence-electron chi connectivity index (χ2n) is 4.02. The Balaban J connectivity index is 2.17. The van der Waals surface area contributed by atoms with Crippen molar-refractivity contribution in [2.24, 2.45) is 0 Å². The van der Waals surface area contributed by atoms with Crippen LogP contribution in [0.5, 0.6) is 0 Å². The van der Waals surface area contributed by atoms with Crippen molar-refractivity contribution < 1.29 is 0 Å². The average Bonchev–Trinajstić information content (AvgIpc) is 2.93. The molecule has 5 nitrogen and oxygen atoms in total. The Kier molecular flexibility index (Phi) is 2.71. The summed E-state index contributed by atoms with van der Waals surface area (Å²) in [6.45, 7) is 4.46. The first-order chi connectivity index (χ1) is 8.66. The third-order valence-electron chi connectivity index (χ3n) is 2.89. The molecule has 0 aliphatic heterocycles. The molecule has 0 saturated heterocycles. The zero-order valence-electron chi connectivity index (χ0n) is 9.88. The standard InChI is InChI=1S/C11H10N4OS2/c1-6-7(2)17-10-9(6)11(16)15(5-12-10)4-8-3-13-14-18-8/h3,5H,4H2,1-2H3. The fourth-order valence-corrected chi connectivity index (χ4v) is 3.29. The van der Waals surface area contributed by atoms with E-state index in [0.29, 0.717) is 6.54 Å². The van der Waals surface area contributed by atoms with Crippen molar-refractivity contribution >= 4 is 33.1 Å². The van der Waals surface area contributed by atoms with Crippen molar-refractivity contribution in [2.75, 3.05) is 0 Å². The third-order valence-corrected chi connectivity index (χ3v) is 4.65. The molecule has 0 bridgehead atoms. The predicted octanol–water partition coefficient (Wildman–Crippen LogP) is 1.97. The Morgan fingerprint density at radius 1 is 1.39 bits per heavy atom. The fourth-order valence-electron chi connectivity index (χ4n) is 1.81. The first kappa shape index (κ1) is 11.5. The lowest BCUT2D eigenvalue weighted by Crippen LogP contribution is -2.20. The summed E-state index contributed by atoms with van der Waals surface area (Å²) >= 11 is 2.86. The first-order valence-electron chi connectivity index (χ1n) is 5.38. The van der Waals surface area contributed by atoms with Gasteiger partial charge in [-0.25, -0.2) is 4.98 Å². The molecule has 0 unspecified atom stereocenters. The summed E-state index contributed by atoms with van der Waals surface area (Å²) in [5.74, 6) is 0. The van der Waals surface area contributed by atoms with Gasteiger partial charge in [0.15, 0.2) is 0 Å². The molecule has 0 fully saturated rings. The number of hydrogen-bond donors (Lipinski definition) is 0. The van der Waals surface area contributed by atoms with E-state index in [9.17, 15) is 4.79 Å². The van der Waals surface area contributed by atoms with Crippen LogP contribution in [0.4, 0.5) is 0 Å². The third kappa shape index (κ3) is 1.75. The number of fused-ring (bicyclic) bond motifs is 1. The van der Waals surface area contributed by atoms with E-state index in [1.807, 2.05) is 13.8 Å². The minimum Gasteiger partial charge on any atom is -0.293 e. The summed E-state index contributed by atoms with van der Waals surface area (Å²) in [6, 6.07) is 0. The number of nitrogens with zero attached hydrogens (tertiary/aromatic N) is 4. The first-order valence-corrected chi connectivity index (χ1v) is 6.97. The van der Waals surface area contributed by atoms with E-state index in [1.54, 1.807) is 28.4 Å². The molecule has 0 aliphatic carbocycles. The number of aromatic nitrogens is 4. The van der Waals surface area contributed by atoms with Crippen LogP contribution in [0, 0.1) is 13.8 Å². The smallest absolute Gasteiger partial charge is 0.262 e. The van der Waals surface area contributed by atoms with E-state index in [4.69, 9.17) is 0 Å². The molecule has 92 valence electrons. The van der Waals surface area contributed by atoms with Crippen molar-refractivity contribution in [1.82, 2.24) is 19.1 Å². The molecule has 0 amide bonds. The quantitative estimate of drug-likeness (QED) is 0.719. The van der Waals surface area contributed by atoms with Gasteiger partial charge >= 0.3 is 0 Å². The molecule has 0 radical (unpaired) electrons. The van der Waals surface area contributed by atoms with Gasteiger partial charge in [0.2, 0.25) is 0 Å². The minimum atomic E-state index is 0.00949. The Morgan fingerprint density at radius 3 is 2.94 bits per heavy atom. The highest BCUT2D eigenvalue weighted by Crippen LogP contribution is 2.25. The Labute approximate surface area is 111 Å². The van der Waals surface area contributed by atoms with Crippen molar-refractivity contribution in [1.29, 1.82) is 0 Å². The van der Waals surface area contributed by atoms with Crippen LogP contribution in [0.3, 0.4) is 0 Å². The molecule has 0 spiro atoms. The molecule has 0 aliphatic rings. The van der Waals surface area contributed by atoms with E-state index < -0.39 is 0 Å². The predicted molar refractivity (Wildman–Crippen MR) is 72.4 cm³/mol. The van der Waals surface area contributed by atoms with E-state index >= 15 is 0 Å². The van der Waals surface area contributed by atoms with Crippen molar-refractivity contribution in [3.8, 4) is 0 Å². The molecule has 7 heteroatoms. The average molecular weight is 278 g/mol. The summed E-state index contributed by atoms with van der Waals surface area (Å²) in [7, 11) is 0. The summed E-state index contributed by atoms with van der Waals surface area (Å²) in [4.78, 5) is 19.6. The van der Waals surface area contributed by atoms with E-state index in [-0.39, 0.29) is 5.56 Å². The lowest BCUT2D eigenvalue weighted by atomic mass is 10.2. The molecule has 3 heterocycles. The molecule has 3 rings (SSSR count). The summed E-state index contributed by atoms with van der Waals surface area (Å²) in [5.41, 5.74) is 1.04. The summed E-state index contributed by atoms with van der Waals surface area (Å²) in [5, 5.41) is 4.50. The van der Waals surface area contributed by atoms with Crippen molar-refractivity contribution in [3.05, 3.63) is 38.2 Å². The van der Waals surface area contributed by atoms with Crippen LogP contribution in [0.15, 0.2) is 17.3 Å². The van der Waals surface area contributed by atoms with Crippen LogP contribution < -0.4 is 5.56 Å². The Hall–Kier alpha value is -1.60.